The highest BCUT2D eigenvalue weighted by Gasteiger charge is 2.35. The van der Waals surface area contributed by atoms with Crippen LogP contribution in [-0.2, 0) is 10.5 Å². The van der Waals surface area contributed by atoms with Gasteiger partial charge in [0.1, 0.15) is 6.04 Å². The number of aryl methyl sites for hydroxylation is 3. The summed E-state index contributed by atoms with van der Waals surface area (Å²) in [6, 6.07) is 21.4. The summed E-state index contributed by atoms with van der Waals surface area (Å²) in [5.74, 6) is 1.11. The first-order valence-corrected chi connectivity index (χ1v) is 13.4. The number of hydrogen-bond acceptors (Lipinski definition) is 5. The number of rotatable bonds is 6. The Labute approximate surface area is 226 Å². The minimum absolute atomic E-state index is 0.211. The fourth-order valence-corrected chi connectivity index (χ4v) is 5.58. The number of fused-ring (bicyclic) bond motifs is 1. The molecule has 0 aliphatic carbocycles. The van der Waals surface area contributed by atoms with Gasteiger partial charge in [-0.2, -0.15) is 4.98 Å². The van der Waals surface area contributed by atoms with Gasteiger partial charge in [-0.3, -0.25) is 4.79 Å². The van der Waals surface area contributed by atoms with Crippen LogP contribution in [0.3, 0.4) is 0 Å². The lowest BCUT2D eigenvalue weighted by atomic mass is 9.95. The smallest absolute Gasteiger partial charge is 0.255 e. The van der Waals surface area contributed by atoms with Crippen molar-refractivity contribution in [2.24, 2.45) is 0 Å². The highest BCUT2D eigenvalue weighted by Crippen LogP contribution is 2.39. The summed E-state index contributed by atoms with van der Waals surface area (Å²) in [6.45, 7) is 7.99. The molecule has 0 unspecified atom stereocenters. The van der Waals surface area contributed by atoms with Gasteiger partial charge in [0.15, 0.2) is 0 Å². The third-order valence-electron chi connectivity index (χ3n) is 6.36. The summed E-state index contributed by atoms with van der Waals surface area (Å²) in [5, 5.41) is 12.4. The number of amides is 1. The average Bonchev–Trinajstić information content (AvgIpc) is 3.26. The van der Waals surface area contributed by atoms with Crippen molar-refractivity contribution >= 4 is 40.9 Å². The Bertz CT molecular complexity index is 1530. The zero-order chi connectivity index (χ0) is 26.1. The topological polar surface area (TPSA) is 71.8 Å². The van der Waals surface area contributed by atoms with Crippen molar-refractivity contribution < 1.29 is 4.79 Å². The average molecular weight is 530 g/mol. The lowest BCUT2D eigenvalue weighted by Gasteiger charge is -2.29. The monoisotopic (exact) mass is 529 g/mol. The second-order valence-electron chi connectivity index (χ2n) is 9.30. The third-order valence-corrected chi connectivity index (χ3v) is 7.61. The van der Waals surface area contributed by atoms with E-state index in [1.807, 2.05) is 57.2 Å². The normalized spacial score (nSPS) is 14.8. The van der Waals surface area contributed by atoms with Gasteiger partial charge in [-0.25, -0.2) is 4.68 Å². The van der Waals surface area contributed by atoms with E-state index >= 15 is 0 Å². The van der Waals surface area contributed by atoms with Gasteiger partial charge >= 0.3 is 0 Å². The van der Waals surface area contributed by atoms with Crippen LogP contribution in [0.15, 0.2) is 83.2 Å². The van der Waals surface area contributed by atoms with Crippen LogP contribution >= 0.6 is 23.4 Å². The van der Waals surface area contributed by atoms with E-state index in [1.165, 1.54) is 11.1 Å². The summed E-state index contributed by atoms with van der Waals surface area (Å²) in [6.07, 6.45) is 0. The Kier molecular flexibility index (Phi) is 7.09. The molecule has 8 heteroatoms. The van der Waals surface area contributed by atoms with Crippen molar-refractivity contribution in [1.82, 2.24) is 14.8 Å². The fourth-order valence-electron chi connectivity index (χ4n) is 4.56. The lowest BCUT2D eigenvalue weighted by molar-refractivity contribution is -0.113. The first-order valence-electron chi connectivity index (χ1n) is 12.1. The van der Waals surface area contributed by atoms with Crippen molar-refractivity contribution in [3.8, 4) is 0 Å². The Balaban J connectivity index is 1.50. The maximum absolute atomic E-state index is 13.8. The summed E-state index contributed by atoms with van der Waals surface area (Å²) in [7, 11) is 0. The van der Waals surface area contributed by atoms with Gasteiger partial charge in [-0.05, 0) is 51.0 Å². The van der Waals surface area contributed by atoms with Crippen LogP contribution in [0.4, 0.5) is 11.6 Å². The number of benzene rings is 3. The number of allylic oxidation sites excluding steroid dienone is 1. The molecule has 0 saturated carbocycles. The molecule has 37 heavy (non-hydrogen) atoms. The van der Waals surface area contributed by atoms with Crippen molar-refractivity contribution in [2.75, 3.05) is 10.6 Å². The van der Waals surface area contributed by atoms with E-state index in [0.717, 1.165) is 28.1 Å². The van der Waals surface area contributed by atoms with E-state index in [4.69, 9.17) is 21.7 Å². The molecular formula is C29H28ClN5OS. The van der Waals surface area contributed by atoms with Crippen LogP contribution in [0, 0.1) is 20.8 Å². The van der Waals surface area contributed by atoms with E-state index in [0.29, 0.717) is 27.4 Å². The quantitative estimate of drug-likeness (QED) is 0.261. The number of nitrogens with zero attached hydrogens (tertiary/aromatic N) is 3. The minimum atomic E-state index is -0.531. The highest BCUT2D eigenvalue weighted by atomic mass is 35.5. The Morgan fingerprint density at radius 2 is 1.81 bits per heavy atom. The van der Waals surface area contributed by atoms with Gasteiger partial charge in [-0.15, -0.1) is 5.10 Å². The van der Waals surface area contributed by atoms with Crippen LogP contribution < -0.4 is 10.6 Å². The maximum Gasteiger partial charge on any atom is 0.255 e. The number of aromatic nitrogens is 3. The summed E-state index contributed by atoms with van der Waals surface area (Å²) < 4.78 is 1.77. The zero-order valence-corrected chi connectivity index (χ0v) is 22.7. The molecular weight excluding hydrogens is 502 g/mol. The highest BCUT2D eigenvalue weighted by molar-refractivity contribution is 7.98. The van der Waals surface area contributed by atoms with Crippen LogP contribution in [0.25, 0.3) is 0 Å². The minimum Gasteiger partial charge on any atom is -0.328 e. The third kappa shape index (κ3) is 5.29. The van der Waals surface area contributed by atoms with Gasteiger partial charge < -0.3 is 10.6 Å². The largest absolute Gasteiger partial charge is 0.328 e. The van der Waals surface area contributed by atoms with Gasteiger partial charge in [-0.1, -0.05) is 89.1 Å². The molecule has 0 spiro atoms. The Hall–Kier alpha value is -3.55. The molecule has 1 aliphatic heterocycles. The van der Waals surface area contributed by atoms with E-state index in [1.54, 1.807) is 16.4 Å². The summed E-state index contributed by atoms with van der Waals surface area (Å²) in [5.41, 5.74) is 7.38. The molecule has 1 aromatic heterocycles. The van der Waals surface area contributed by atoms with E-state index in [9.17, 15) is 4.79 Å². The van der Waals surface area contributed by atoms with Crippen LogP contribution in [0.5, 0.6) is 0 Å². The molecule has 6 nitrogen and oxygen atoms in total. The molecule has 1 atom stereocenters. The standard InChI is InChI=1S/C29H28ClN5OS/c1-17-8-7-9-21(15-17)16-37-29-33-28-31-20(4)25(27(36)32-24-13-12-18(2)14-19(24)3)26(35(28)34-29)22-10-5-6-11-23(22)30/h5-15,26H,16H2,1-4H3,(H,32,36)(H,31,33,34)/t26-/m0/s1. The lowest BCUT2D eigenvalue weighted by Crippen LogP contribution is -2.31. The van der Waals surface area contributed by atoms with Gasteiger partial charge in [0, 0.05) is 27.7 Å². The Morgan fingerprint density at radius 3 is 2.57 bits per heavy atom. The number of thioether (sulfide) groups is 1. The SMILES string of the molecule is CC1=C(C(=O)Nc2ccc(C)cc2C)[C@H](c2ccccc2Cl)n2nc(SCc3cccc(C)c3)nc2N1. The zero-order valence-electron chi connectivity index (χ0n) is 21.2. The van der Waals surface area contributed by atoms with Gasteiger partial charge in [0.2, 0.25) is 11.1 Å². The van der Waals surface area contributed by atoms with E-state index in [-0.39, 0.29) is 5.91 Å². The predicted molar refractivity (Wildman–Crippen MR) is 151 cm³/mol. The molecule has 0 fully saturated rings. The van der Waals surface area contributed by atoms with Crippen LogP contribution in [0.2, 0.25) is 5.02 Å². The first-order chi connectivity index (χ1) is 17.8. The summed E-state index contributed by atoms with van der Waals surface area (Å²) >= 11 is 8.22. The molecule has 1 aliphatic rings. The van der Waals surface area contributed by atoms with Crippen LogP contribution in [-0.4, -0.2) is 20.7 Å². The number of carbonyl (C=O) groups is 1. The number of hydrogen-bond donors (Lipinski definition) is 2. The molecule has 0 bridgehead atoms. The molecule has 2 heterocycles. The van der Waals surface area contributed by atoms with Crippen molar-refractivity contribution in [1.29, 1.82) is 0 Å². The molecule has 188 valence electrons. The van der Waals surface area contributed by atoms with Crippen molar-refractivity contribution in [3.05, 3.63) is 111 Å². The second kappa shape index (κ2) is 10.4. The molecule has 1 amide bonds. The second-order valence-corrected chi connectivity index (χ2v) is 10.7. The maximum atomic E-state index is 13.8. The molecule has 4 aromatic rings. The number of nitrogens with one attached hydrogen (secondary N) is 2. The molecule has 3 aromatic carbocycles. The number of halogens is 1. The van der Waals surface area contributed by atoms with E-state index in [2.05, 4.69) is 47.9 Å². The first kappa shape index (κ1) is 25.1. The number of carbonyl (C=O) groups excluding carboxylic acids is 1. The summed E-state index contributed by atoms with van der Waals surface area (Å²) in [4.78, 5) is 18.5. The van der Waals surface area contributed by atoms with E-state index < -0.39 is 6.04 Å². The van der Waals surface area contributed by atoms with Crippen LogP contribution in [0.1, 0.15) is 40.8 Å². The van der Waals surface area contributed by atoms with Crippen molar-refractivity contribution in [2.45, 2.75) is 44.6 Å². The van der Waals surface area contributed by atoms with Crippen molar-refractivity contribution in [3.63, 3.8) is 0 Å². The molecule has 5 rings (SSSR count). The molecule has 0 saturated heterocycles. The fraction of sp³-hybridized carbons (Fsp3) is 0.207. The predicted octanol–water partition coefficient (Wildman–Crippen LogP) is 7.08. The molecule has 2 N–H and O–H groups in total. The molecule has 0 radical (unpaired) electrons. The van der Waals surface area contributed by atoms with Gasteiger partial charge in [0.25, 0.3) is 5.91 Å². The Morgan fingerprint density at radius 1 is 1.03 bits per heavy atom. The van der Waals surface area contributed by atoms with Gasteiger partial charge in [0.05, 0.1) is 5.57 Å². The number of anilines is 2.